The van der Waals surface area contributed by atoms with Crippen molar-refractivity contribution in [1.29, 1.82) is 0 Å². The Bertz CT molecular complexity index is 452. The molecule has 1 aromatic carbocycles. The fourth-order valence-electron chi connectivity index (χ4n) is 1.76. The lowest BCUT2D eigenvalue weighted by Gasteiger charge is -2.16. The smallest absolute Gasteiger partial charge is 0.258 e. The highest BCUT2D eigenvalue weighted by molar-refractivity contribution is 6.30. The van der Waals surface area contributed by atoms with Crippen molar-refractivity contribution in [2.24, 2.45) is 5.73 Å². The van der Waals surface area contributed by atoms with Crippen LogP contribution < -0.4 is 15.8 Å². The first-order valence-corrected chi connectivity index (χ1v) is 6.78. The number of ether oxygens (including phenoxy) is 2. The highest BCUT2D eigenvalue weighted by Gasteiger charge is 2.12. The average Bonchev–Trinajstić information content (AvgIpc) is 2.37. The Balaban J connectivity index is 2.59. The minimum absolute atomic E-state index is 0.0609. The molecular weight excluding hydrogens is 280 g/mol. The second-order valence-electron chi connectivity index (χ2n) is 4.68. The van der Waals surface area contributed by atoms with E-state index in [1.54, 1.807) is 25.3 Å². The summed E-state index contributed by atoms with van der Waals surface area (Å²) in [6, 6.07) is 4.88. The van der Waals surface area contributed by atoms with Gasteiger partial charge in [-0.25, -0.2) is 0 Å². The lowest BCUT2D eigenvalue weighted by atomic mass is 10.1. The van der Waals surface area contributed by atoms with Gasteiger partial charge in [-0.15, -0.1) is 0 Å². The van der Waals surface area contributed by atoms with Gasteiger partial charge < -0.3 is 20.5 Å². The van der Waals surface area contributed by atoms with Crippen LogP contribution in [0.4, 0.5) is 0 Å². The summed E-state index contributed by atoms with van der Waals surface area (Å²) < 4.78 is 10.4. The van der Waals surface area contributed by atoms with Crippen LogP contribution >= 0.6 is 11.6 Å². The maximum atomic E-state index is 11.7. The number of nitrogens with two attached hydrogens (primary N) is 1. The standard InChI is InChI=1S/C14H21ClN2O3/c1-9(7-19-3)17-14(18)8-20-13-5-4-11(15)6-12(13)10(2)16/h4-6,9-10H,7-8,16H2,1-3H3,(H,17,18)/t9?,10-/m1/s1. The molecule has 20 heavy (non-hydrogen) atoms. The molecule has 0 saturated heterocycles. The van der Waals surface area contributed by atoms with E-state index < -0.39 is 0 Å². The fraction of sp³-hybridized carbons (Fsp3) is 0.500. The molecule has 0 radical (unpaired) electrons. The minimum atomic E-state index is -0.223. The van der Waals surface area contributed by atoms with E-state index in [2.05, 4.69) is 5.32 Å². The molecule has 112 valence electrons. The van der Waals surface area contributed by atoms with Gasteiger partial charge in [-0.1, -0.05) is 11.6 Å². The zero-order valence-corrected chi connectivity index (χ0v) is 12.7. The summed E-state index contributed by atoms with van der Waals surface area (Å²) in [6.45, 7) is 4.07. The van der Waals surface area contributed by atoms with Crippen LogP contribution in [0.15, 0.2) is 18.2 Å². The molecule has 0 bridgehead atoms. The van der Waals surface area contributed by atoms with Crippen LogP contribution in [0, 0.1) is 0 Å². The molecule has 1 amide bonds. The number of hydrogen-bond donors (Lipinski definition) is 2. The molecule has 3 N–H and O–H groups in total. The van der Waals surface area contributed by atoms with E-state index in [4.69, 9.17) is 26.8 Å². The number of halogens is 1. The molecule has 0 spiro atoms. The third-order valence-electron chi connectivity index (χ3n) is 2.65. The molecular formula is C14H21ClN2O3. The number of nitrogens with one attached hydrogen (secondary N) is 1. The normalized spacial score (nSPS) is 13.7. The quantitative estimate of drug-likeness (QED) is 0.806. The average molecular weight is 301 g/mol. The van der Waals surface area contributed by atoms with Crippen molar-refractivity contribution in [2.75, 3.05) is 20.3 Å². The summed E-state index contributed by atoms with van der Waals surface area (Å²) in [7, 11) is 1.59. The maximum Gasteiger partial charge on any atom is 0.258 e. The molecule has 2 atom stereocenters. The van der Waals surface area contributed by atoms with Crippen LogP contribution in [-0.4, -0.2) is 32.3 Å². The molecule has 1 aromatic rings. The van der Waals surface area contributed by atoms with Crippen LogP contribution in [0.2, 0.25) is 5.02 Å². The fourth-order valence-corrected chi connectivity index (χ4v) is 1.94. The van der Waals surface area contributed by atoms with Crippen molar-refractivity contribution in [2.45, 2.75) is 25.9 Å². The van der Waals surface area contributed by atoms with Gasteiger partial charge in [-0.05, 0) is 32.0 Å². The van der Waals surface area contributed by atoms with E-state index in [9.17, 15) is 4.79 Å². The predicted molar refractivity (Wildman–Crippen MR) is 79.0 cm³/mol. The Labute approximate surface area is 124 Å². The molecule has 0 saturated carbocycles. The van der Waals surface area contributed by atoms with Crippen LogP contribution in [0.25, 0.3) is 0 Å². The molecule has 0 heterocycles. The largest absolute Gasteiger partial charge is 0.483 e. The summed E-state index contributed by atoms with van der Waals surface area (Å²) in [6.07, 6.45) is 0. The predicted octanol–water partition coefficient (Wildman–Crippen LogP) is 1.89. The Morgan fingerprint density at radius 2 is 2.15 bits per heavy atom. The second-order valence-corrected chi connectivity index (χ2v) is 5.12. The molecule has 6 heteroatoms. The molecule has 5 nitrogen and oxygen atoms in total. The van der Waals surface area contributed by atoms with Crippen molar-refractivity contribution in [1.82, 2.24) is 5.32 Å². The van der Waals surface area contributed by atoms with Gasteiger partial charge in [0.05, 0.1) is 6.61 Å². The lowest BCUT2D eigenvalue weighted by molar-refractivity contribution is -0.124. The Morgan fingerprint density at radius 3 is 2.75 bits per heavy atom. The van der Waals surface area contributed by atoms with Gasteiger partial charge >= 0.3 is 0 Å². The number of carbonyl (C=O) groups is 1. The van der Waals surface area contributed by atoms with Crippen LogP contribution in [-0.2, 0) is 9.53 Å². The Morgan fingerprint density at radius 1 is 1.45 bits per heavy atom. The first-order chi connectivity index (χ1) is 9.43. The Kier molecular flexibility index (Phi) is 6.78. The highest BCUT2D eigenvalue weighted by Crippen LogP contribution is 2.27. The zero-order chi connectivity index (χ0) is 15.1. The topological polar surface area (TPSA) is 73.6 Å². The number of benzene rings is 1. The van der Waals surface area contributed by atoms with Crippen molar-refractivity contribution < 1.29 is 14.3 Å². The molecule has 1 unspecified atom stereocenters. The van der Waals surface area contributed by atoms with Gasteiger partial charge in [0.1, 0.15) is 5.75 Å². The third kappa shape index (κ3) is 5.36. The van der Waals surface area contributed by atoms with Gasteiger partial charge in [0.25, 0.3) is 5.91 Å². The SMILES string of the molecule is COCC(C)NC(=O)COc1ccc(Cl)cc1[C@@H](C)N. The first kappa shape index (κ1) is 16.8. The minimum Gasteiger partial charge on any atom is -0.483 e. The van der Waals surface area contributed by atoms with E-state index >= 15 is 0 Å². The maximum absolute atomic E-state index is 11.7. The van der Waals surface area contributed by atoms with Crippen molar-refractivity contribution in [3.63, 3.8) is 0 Å². The zero-order valence-electron chi connectivity index (χ0n) is 12.0. The van der Waals surface area contributed by atoms with E-state index in [0.29, 0.717) is 17.4 Å². The van der Waals surface area contributed by atoms with Crippen molar-refractivity contribution in [3.8, 4) is 5.75 Å². The number of carbonyl (C=O) groups excluding carboxylic acids is 1. The number of methoxy groups -OCH3 is 1. The van der Waals surface area contributed by atoms with Crippen LogP contribution in [0.3, 0.4) is 0 Å². The molecule has 0 fully saturated rings. The van der Waals surface area contributed by atoms with E-state index in [-0.39, 0.29) is 24.6 Å². The number of rotatable bonds is 7. The van der Waals surface area contributed by atoms with Gasteiger partial charge in [-0.2, -0.15) is 0 Å². The molecule has 0 aliphatic carbocycles. The number of amides is 1. The summed E-state index contributed by atoms with van der Waals surface area (Å²) in [5, 5.41) is 3.35. The molecule has 0 aliphatic rings. The third-order valence-corrected chi connectivity index (χ3v) is 2.88. The van der Waals surface area contributed by atoms with Crippen LogP contribution in [0.1, 0.15) is 25.5 Å². The summed E-state index contributed by atoms with van der Waals surface area (Å²) in [4.78, 5) is 11.7. The van der Waals surface area contributed by atoms with Crippen LogP contribution in [0.5, 0.6) is 5.75 Å². The molecule has 0 aliphatic heterocycles. The Hall–Kier alpha value is -1.30. The van der Waals surface area contributed by atoms with Crippen molar-refractivity contribution in [3.05, 3.63) is 28.8 Å². The number of hydrogen-bond acceptors (Lipinski definition) is 4. The lowest BCUT2D eigenvalue weighted by Crippen LogP contribution is -2.38. The molecule has 0 aromatic heterocycles. The van der Waals surface area contributed by atoms with E-state index in [1.807, 2.05) is 13.8 Å². The highest BCUT2D eigenvalue weighted by atomic mass is 35.5. The monoisotopic (exact) mass is 300 g/mol. The van der Waals surface area contributed by atoms with E-state index in [1.165, 1.54) is 0 Å². The van der Waals surface area contributed by atoms with E-state index in [0.717, 1.165) is 5.56 Å². The van der Waals surface area contributed by atoms with Gasteiger partial charge in [0, 0.05) is 29.8 Å². The van der Waals surface area contributed by atoms with Gasteiger partial charge in [0.2, 0.25) is 0 Å². The summed E-state index contributed by atoms with van der Waals surface area (Å²) in [5.74, 6) is 0.360. The van der Waals surface area contributed by atoms with Gasteiger partial charge in [0.15, 0.2) is 6.61 Å². The summed E-state index contributed by atoms with van der Waals surface area (Å²) >= 11 is 5.92. The molecule has 1 rings (SSSR count). The summed E-state index contributed by atoms with van der Waals surface area (Å²) in [5.41, 5.74) is 6.63. The second kappa shape index (κ2) is 8.09. The van der Waals surface area contributed by atoms with Crippen molar-refractivity contribution >= 4 is 17.5 Å². The van der Waals surface area contributed by atoms with Gasteiger partial charge in [-0.3, -0.25) is 4.79 Å². The first-order valence-electron chi connectivity index (χ1n) is 6.40.